The molecule has 6 heterocycles. The number of halogens is 4. The molecule has 7 N–H and O–H groups in total. The number of likely N-dealkylation sites (N-methyl/N-ethyl adjacent to an activating group) is 1. The Morgan fingerprint density at radius 1 is 0.645 bits per heavy atom. The number of amides is 3. The standard InChI is InChI=1S/C35H43ClN8O3.C29H34ClN7O2.C4H4BrClO/c1-35(2,3)47-34(46)44(22-25-16-15-24(19-37-25)40-31(45)14-9-17-43(4)5)26-11-8-10-23(18-26)41-33-39-21-29(36)32(42-33)28-20-38-30-13-7-6-12-27(28)30;1-29(2,3)39-28(38)37(17-20-12-11-18(31)14-32-20)21-8-6-7-19(13-21)35-27-34-16-24(30)26(36-27)23-15-33-25-10-5-4-9-22(23)25;5-3-1-2-4(6)7/h6-7,9,12-16,19-21,23,26,38H,8,10-11,17-18,22H2,1-5H3,(H,40,45)(H,39,41,42);4-5,9-12,14-16,19,21,33H,6-8,13,17,31H2,1-3H3,(H,34,35,36);1-2H,3H2/b14-9+;;2-1+/t23-,26+;19-,21+;/m11./s1. The van der Waals surface area contributed by atoms with Crippen LogP contribution in [0.2, 0.25) is 10.0 Å². The Balaban J connectivity index is 0.000000219. The number of H-pyrrole nitrogens is 2. The second kappa shape index (κ2) is 33.1. The molecule has 8 aromatic rings. The lowest BCUT2D eigenvalue weighted by molar-refractivity contribution is -0.112. The number of fused-ring (bicyclic) bond motifs is 2. The zero-order valence-electron chi connectivity index (χ0n) is 53.6. The summed E-state index contributed by atoms with van der Waals surface area (Å²) >= 11 is 21.1. The molecule has 3 amide bonds. The molecule has 10 rings (SSSR count). The number of aromatic amines is 2. The summed E-state index contributed by atoms with van der Waals surface area (Å²) < 4.78 is 11.6. The molecule has 2 fully saturated rings. The van der Waals surface area contributed by atoms with Crippen molar-refractivity contribution in [2.24, 2.45) is 0 Å². The van der Waals surface area contributed by atoms with E-state index in [1.165, 1.54) is 12.2 Å². The highest BCUT2D eigenvalue weighted by atomic mass is 79.9. The lowest BCUT2D eigenvalue weighted by Crippen LogP contribution is -2.47. The van der Waals surface area contributed by atoms with Crippen LogP contribution in [0.1, 0.15) is 104 Å². The molecule has 0 aliphatic heterocycles. The average molecular weight is 1390 g/mol. The van der Waals surface area contributed by atoms with Crippen molar-refractivity contribution in [1.29, 1.82) is 0 Å². The second-order valence-corrected chi connectivity index (χ2v) is 26.8. The van der Waals surface area contributed by atoms with Gasteiger partial charge in [-0.1, -0.05) is 87.7 Å². The normalized spacial score (nSPS) is 16.7. The third-order valence-electron chi connectivity index (χ3n) is 15.0. The van der Waals surface area contributed by atoms with Gasteiger partial charge in [-0.05, 0) is 161 Å². The Morgan fingerprint density at radius 2 is 1.13 bits per heavy atom. The van der Waals surface area contributed by atoms with Gasteiger partial charge in [0, 0.05) is 87.4 Å². The first-order chi connectivity index (χ1) is 44.4. The van der Waals surface area contributed by atoms with Gasteiger partial charge >= 0.3 is 12.2 Å². The Bertz CT molecular complexity index is 3870. The summed E-state index contributed by atoms with van der Waals surface area (Å²) in [5.74, 6) is 0.769. The highest BCUT2D eigenvalue weighted by molar-refractivity contribution is 9.09. The van der Waals surface area contributed by atoms with Crippen molar-refractivity contribution >= 4 is 119 Å². The third kappa shape index (κ3) is 21.4. The van der Waals surface area contributed by atoms with Gasteiger partial charge in [0.05, 0.1) is 82.1 Å². The number of rotatable bonds is 18. The average Bonchev–Trinajstić information content (AvgIpc) is 1.75. The zero-order valence-corrected chi connectivity index (χ0v) is 57.4. The molecule has 4 atom stereocenters. The number of anilines is 4. The fourth-order valence-electron chi connectivity index (χ4n) is 10.8. The quantitative estimate of drug-likeness (QED) is 0.0265. The molecule has 6 aromatic heterocycles. The minimum atomic E-state index is -0.654. The first-order valence-corrected chi connectivity index (χ1v) is 33.0. The van der Waals surface area contributed by atoms with E-state index in [1.807, 2.05) is 134 Å². The number of para-hydroxylation sites is 2. The first-order valence-electron chi connectivity index (χ1n) is 30.8. The Morgan fingerprint density at radius 3 is 1.55 bits per heavy atom. The van der Waals surface area contributed by atoms with Crippen LogP contribution >= 0.6 is 50.7 Å². The van der Waals surface area contributed by atoms with Gasteiger partial charge in [-0.3, -0.25) is 29.4 Å². The first kappa shape index (κ1) is 70.7. The van der Waals surface area contributed by atoms with Crippen molar-refractivity contribution in [3.8, 4) is 22.5 Å². The van der Waals surface area contributed by atoms with Gasteiger partial charge in [0.25, 0.3) is 0 Å². The highest BCUT2D eigenvalue weighted by Gasteiger charge is 2.35. The van der Waals surface area contributed by atoms with Crippen LogP contribution in [-0.4, -0.2) is 139 Å². The maximum absolute atomic E-state index is 13.6. The van der Waals surface area contributed by atoms with Crippen LogP contribution in [0, 0.1) is 0 Å². The number of ether oxygens (including phenoxy) is 2. The molecule has 25 heteroatoms. The van der Waals surface area contributed by atoms with Crippen molar-refractivity contribution in [3.63, 3.8) is 0 Å². The van der Waals surface area contributed by atoms with Gasteiger partial charge in [-0.25, -0.2) is 29.5 Å². The molecular formula is C68H81BrCl3N15O6. The van der Waals surface area contributed by atoms with Crippen LogP contribution in [-0.2, 0) is 32.2 Å². The number of alkyl halides is 1. The van der Waals surface area contributed by atoms with Gasteiger partial charge in [0.1, 0.15) is 11.2 Å². The second-order valence-electron chi connectivity index (χ2n) is 25.0. The summed E-state index contributed by atoms with van der Waals surface area (Å²) in [6.07, 6.45) is 22.6. The van der Waals surface area contributed by atoms with Crippen molar-refractivity contribution in [2.75, 3.05) is 47.7 Å². The van der Waals surface area contributed by atoms with E-state index >= 15 is 0 Å². The van der Waals surface area contributed by atoms with Gasteiger partial charge in [0.15, 0.2) is 0 Å². The largest absolute Gasteiger partial charge is 0.444 e. The molecule has 2 saturated carbocycles. The Labute approximate surface area is 566 Å². The van der Waals surface area contributed by atoms with Crippen molar-refractivity contribution < 1.29 is 28.7 Å². The van der Waals surface area contributed by atoms with E-state index in [2.05, 4.69) is 61.8 Å². The molecule has 21 nitrogen and oxygen atoms in total. The highest BCUT2D eigenvalue weighted by Crippen LogP contribution is 2.36. The van der Waals surface area contributed by atoms with Crippen LogP contribution in [0.15, 0.2) is 134 Å². The van der Waals surface area contributed by atoms with E-state index in [0.717, 1.165) is 83.6 Å². The number of carbonyl (C=O) groups is 4. The molecule has 2 aliphatic rings. The summed E-state index contributed by atoms with van der Waals surface area (Å²) in [5, 5.41) is 13.1. The van der Waals surface area contributed by atoms with E-state index in [1.54, 1.807) is 58.9 Å². The minimum Gasteiger partial charge on any atom is -0.444 e. The van der Waals surface area contributed by atoms with E-state index in [0.29, 0.717) is 75.2 Å². The minimum absolute atomic E-state index is 0.0294. The maximum Gasteiger partial charge on any atom is 0.410 e. The van der Waals surface area contributed by atoms with Crippen LogP contribution in [0.25, 0.3) is 44.3 Å². The van der Waals surface area contributed by atoms with Gasteiger partial charge in [-0.2, -0.15) is 0 Å². The van der Waals surface area contributed by atoms with Crippen molar-refractivity contribution in [2.45, 2.75) is 141 Å². The van der Waals surface area contributed by atoms with Gasteiger partial charge in [-0.15, -0.1) is 0 Å². The molecule has 2 aromatic carbocycles. The number of nitrogens with zero attached hydrogens (tertiary/aromatic N) is 9. The van der Waals surface area contributed by atoms with E-state index in [-0.39, 0.29) is 42.7 Å². The van der Waals surface area contributed by atoms with Crippen LogP contribution in [0.5, 0.6) is 0 Å². The molecule has 0 spiro atoms. The fourth-order valence-corrected chi connectivity index (χ4v) is 11.5. The molecule has 492 valence electrons. The molecule has 0 bridgehead atoms. The predicted octanol–water partition coefficient (Wildman–Crippen LogP) is 15.0. The predicted molar refractivity (Wildman–Crippen MR) is 375 cm³/mol. The molecule has 93 heavy (non-hydrogen) atoms. The fraction of sp³-hybridized carbons (Fsp3) is 0.382. The van der Waals surface area contributed by atoms with E-state index < -0.39 is 22.5 Å². The number of carbonyl (C=O) groups excluding carboxylic acids is 4. The maximum atomic E-state index is 13.6. The molecule has 2 aliphatic carbocycles. The molecule has 0 saturated heterocycles. The summed E-state index contributed by atoms with van der Waals surface area (Å²) in [4.78, 5) is 88.6. The van der Waals surface area contributed by atoms with Crippen molar-refractivity contribution in [1.82, 2.24) is 54.6 Å². The van der Waals surface area contributed by atoms with E-state index in [4.69, 9.17) is 60.0 Å². The van der Waals surface area contributed by atoms with Gasteiger partial charge in [0.2, 0.25) is 23.0 Å². The molecular weight excluding hydrogens is 1310 g/mol. The SMILES string of the molecule is CC(C)(C)OC(=O)N(Cc1ccc(N)cn1)[C@H]1CCC[C@@H](Nc2ncc(Cl)c(-c3c[nH]c4ccccc34)n2)C1.CN(C)C/C=C/C(=O)Nc1ccc(CN(C(=O)OC(C)(C)C)[C@H]2CCC[C@@H](Nc3ncc(Cl)c(-c4c[nH]c5ccccc45)n3)C2)nc1.O=C(Cl)/C=C/CBr. The lowest BCUT2D eigenvalue weighted by Gasteiger charge is -2.38. The smallest absolute Gasteiger partial charge is 0.410 e. The Kier molecular flexibility index (Phi) is 25.2. The van der Waals surface area contributed by atoms with Crippen LogP contribution < -0.4 is 21.7 Å². The van der Waals surface area contributed by atoms with E-state index in [9.17, 15) is 19.2 Å². The summed E-state index contributed by atoms with van der Waals surface area (Å²) in [6, 6.07) is 23.3. The summed E-state index contributed by atoms with van der Waals surface area (Å²) in [7, 11) is 3.87. The summed E-state index contributed by atoms with van der Waals surface area (Å²) in [6.45, 7) is 12.5. The Hall–Kier alpha value is -8.15. The topological polar surface area (TPSA) is 267 Å². The number of benzene rings is 2. The number of nitrogens with two attached hydrogens (primary N) is 1. The molecule has 0 unspecified atom stereocenters. The number of aromatic nitrogens is 8. The summed E-state index contributed by atoms with van der Waals surface area (Å²) in [5.41, 5.74) is 12.3. The monoisotopic (exact) mass is 1390 g/mol. The molecule has 0 radical (unpaired) electrons. The third-order valence-corrected chi connectivity index (χ3v) is 16.0. The number of hydrogen-bond acceptors (Lipinski definition) is 16. The number of allylic oxidation sites excluding steroid dienone is 2. The number of pyridine rings is 2. The van der Waals surface area contributed by atoms with Crippen molar-refractivity contribution in [3.05, 3.63) is 156 Å². The van der Waals surface area contributed by atoms with Crippen LogP contribution in [0.4, 0.5) is 32.9 Å². The number of nitrogen functional groups attached to an aromatic ring is 1. The zero-order chi connectivity index (χ0) is 66.8. The lowest BCUT2D eigenvalue weighted by atomic mass is 9.90. The number of nitrogens with one attached hydrogen (secondary N) is 5. The number of hydrogen-bond donors (Lipinski definition) is 6. The van der Waals surface area contributed by atoms with Crippen LogP contribution in [0.3, 0.4) is 0 Å². The van der Waals surface area contributed by atoms with Gasteiger partial charge < -0.3 is 46.0 Å².